The summed E-state index contributed by atoms with van der Waals surface area (Å²) in [6.45, 7) is 4.03. The van der Waals surface area contributed by atoms with E-state index >= 15 is 0 Å². The molecule has 2 atom stereocenters. The first kappa shape index (κ1) is 17.4. The van der Waals surface area contributed by atoms with Crippen LogP contribution < -0.4 is 5.32 Å². The van der Waals surface area contributed by atoms with Crippen molar-refractivity contribution in [3.8, 4) is 0 Å². The van der Waals surface area contributed by atoms with Gasteiger partial charge >= 0.3 is 6.03 Å². The maximum atomic E-state index is 12.2. The van der Waals surface area contributed by atoms with Gasteiger partial charge in [0, 0.05) is 31.5 Å². The predicted molar refractivity (Wildman–Crippen MR) is 93.0 cm³/mol. The summed E-state index contributed by atoms with van der Waals surface area (Å²) in [4.78, 5) is 14.2. The first-order valence-corrected chi connectivity index (χ1v) is 10.2. The average molecular weight is 343 g/mol. The Morgan fingerprint density at radius 3 is 2.74 bits per heavy atom. The Hall–Kier alpha value is -0.460. The number of carbonyl (C=O) groups excluding carboxylic acids is 1. The van der Waals surface area contributed by atoms with E-state index in [1.807, 2.05) is 16.7 Å². The molecular formula is C17H30N2O3S. The van der Waals surface area contributed by atoms with Crippen LogP contribution in [0.5, 0.6) is 0 Å². The lowest BCUT2D eigenvalue weighted by Gasteiger charge is -2.33. The standard InChI is InChI=1S/C17H30N2O3S/c20-17(18-12-16-5-3-11-23-16)19-8-6-14(7-9-19)22-13-15-4-1-2-10-21-15/h14-16H,1-13H2,(H,18,20)/t15-,16-/m0/s1. The van der Waals surface area contributed by atoms with Crippen LogP contribution in [0.15, 0.2) is 0 Å². The van der Waals surface area contributed by atoms with Crippen LogP contribution in [-0.2, 0) is 9.47 Å². The topological polar surface area (TPSA) is 50.8 Å². The smallest absolute Gasteiger partial charge is 0.317 e. The van der Waals surface area contributed by atoms with Crippen molar-refractivity contribution in [3.05, 3.63) is 0 Å². The summed E-state index contributed by atoms with van der Waals surface area (Å²) in [5, 5.41) is 3.72. The molecule has 0 unspecified atom stereocenters. The van der Waals surface area contributed by atoms with Crippen molar-refractivity contribution in [2.45, 2.75) is 62.4 Å². The molecule has 0 aromatic heterocycles. The fraction of sp³-hybridized carbons (Fsp3) is 0.941. The Balaban J connectivity index is 1.29. The van der Waals surface area contributed by atoms with Crippen LogP contribution in [0.4, 0.5) is 4.79 Å². The third kappa shape index (κ3) is 5.54. The number of nitrogens with zero attached hydrogens (tertiary/aromatic N) is 1. The molecule has 3 heterocycles. The molecule has 0 aromatic carbocycles. The zero-order chi connectivity index (χ0) is 15.9. The molecule has 1 N–H and O–H groups in total. The van der Waals surface area contributed by atoms with Crippen LogP contribution in [0, 0.1) is 0 Å². The van der Waals surface area contributed by atoms with Crippen LogP contribution in [0.1, 0.15) is 44.9 Å². The number of amides is 2. The van der Waals surface area contributed by atoms with Gasteiger partial charge in [-0.2, -0.15) is 11.8 Å². The monoisotopic (exact) mass is 342 g/mol. The molecule has 0 spiro atoms. The number of likely N-dealkylation sites (tertiary alicyclic amines) is 1. The average Bonchev–Trinajstić information content (AvgIpc) is 3.13. The van der Waals surface area contributed by atoms with Gasteiger partial charge in [0.25, 0.3) is 0 Å². The van der Waals surface area contributed by atoms with Gasteiger partial charge in [0.1, 0.15) is 0 Å². The van der Waals surface area contributed by atoms with E-state index in [9.17, 15) is 4.79 Å². The van der Waals surface area contributed by atoms with E-state index in [-0.39, 0.29) is 18.2 Å². The minimum atomic E-state index is 0.103. The summed E-state index contributed by atoms with van der Waals surface area (Å²) in [5.41, 5.74) is 0. The molecule has 0 radical (unpaired) electrons. The van der Waals surface area contributed by atoms with Crippen LogP contribution in [0.2, 0.25) is 0 Å². The number of urea groups is 1. The first-order valence-electron chi connectivity index (χ1n) is 9.19. The number of thioether (sulfide) groups is 1. The van der Waals surface area contributed by atoms with Crippen molar-refractivity contribution in [3.63, 3.8) is 0 Å². The molecule has 0 saturated carbocycles. The van der Waals surface area contributed by atoms with Crippen LogP contribution in [0.3, 0.4) is 0 Å². The Morgan fingerprint density at radius 2 is 2.04 bits per heavy atom. The number of piperidine rings is 1. The minimum absolute atomic E-state index is 0.103. The summed E-state index contributed by atoms with van der Waals surface area (Å²) in [6, 6.07) is 0.103. The molecule has 3 aliphatic rings. The highest BCUT2D eigenvalue weighted by molar-refractivity contribution is 8.00. The molecule has 6 heteroatoms. The molecule has 2 amide bonds. The van der Waals surface area contributed by atoms with Crippen molar-refractivity contribution in [2.75, 3.05) is 38.6 Å². The Morgan fingerprint density at radius 1 is 1.17 bits per heavy atom. The third-order valence-electron chi connectivity index (χ3n) is 5.03. The maximum Gasteiger partial charge on any atom is 0.317 e. The van der Waals surface area contributed by atoms with Gasteiger partial charge in [-0.25, -0.2) is 4.79 Å². The number of ether oxygens (including phenoxy) is 2. The highest BCUT2D eigenvalue weighted by Crippen LogP contribution is 2.25. The summed E-state index contributed by atoms with van der Waals surface area (Å²) in [5.74, 6) is 1.24. The number of carbonyl (C=O) groups is 1. The molecular weight excluding hydrogens is 312 g/mol. The third-order valence-corrected chi connectivity index (χ3v) is 6.42. The van der Waals surface area contributed by atoms with Gasteiger partial charge in [0.05, 0.1) is 18.8 Å². The van der Waals surface area contributed by atoms with Gasteiger partial charge in [0.2, 0.25) is 0 Å². The Bertz CT molecular complexity index is 363. The van der Waals surface area contributed by atoms with Crippen LogP contribution >= 0.6 is 11.8 Å². The lowest BCUT2D eigenvalue weighted by Crippen LogP contribution is -2.47. The SMILES string of the molecule is O=C(NC[C@@H]1CCCS1)N1CCC(OC[C@@H]2CCCCO2)CC1. The van der Waals surface area contributed by atoms with Gasteiger partial charge in [-0.15, -0.1) is 0 Å². The molecule has 132 valence electrons. The lowest BCUT2D eigenvalue weighted by atomic mass is 10.1. The Kier molecular flexibility index (Phi) is 6.90. The van der Waals surface area contributed by atoms with E-state index in [2.05, 4.69) is 5.32 Å². The zero-order valence-corrected chi connectivity index (χ0v) is 14.8. The summed E-state index contributed by atoms with van der Waals surface area (Å²) in [7, 11) is 0. The van der Waals surface area contributed by atoms with Gasteiger partial charge in [-0.05, 0) is 50.7 Å². The van der Waals surface area contributed by atoms with Crippen molar-refractivity contribution < 1.29 is 14.3 Å². The molecule has 0 bridgehead atoms. The van der Waals surface area contributed by atoms with Gasteiger partial charge in [-0.3, -0.25) is 0 Å². The molecule has 3 rings (SSSR count). The molecule has 0 aliphatic carbocycles. The highest BCUT2D eigenvalue weighted by atomic mass is 32.2. The minimum Gasteiger partial charge on any atom is -0.376 e. The molecule has 5 nitrogen and oxygen atoms in total. The number of hydrogen-bond acceptors (Lipinski definition) is 4. The molecule has 3 aliphatic heterocycles. The van der Waals surface area contributed by atoms with E-state index in [4.69, 9.17) is 9.47 Å². The van der Waals surface area contributed by atoms with Crippen molar-refractivity contribution in [1.82, 2.24) is 10.2 Å². The molecule has 23 heavy (non-hydrogen) atoms. The van der Waals surface area contributed by atoms with Crippen molar-refractivity contribution in [1.29, 1.82) is 0 Å². The fourth-order valence-electron chi connectivity index (χ4n) is 3.53. The first-order chi connectivity index (χ1) is 11.3. The second-order valence-electron chi connectivity index (χ2n) is 6.83. The molecule has 0 aromatic rings. The summed E-state index contributed by atoms with van der Waals surface area (Å²) >= 11 is 1.99. The van der Waals surface area contributed by atoms with E-state index in [1.165, 1.54) is 31.4 Å². The number of nitrogens with one attached hydrogen (secondary N) is 1. The Labute approximate surface area is 143 Å². The van der Waals surface area contributed by atoms with E-state index in [1.54, 1.807) is 0 Å². The van der Waals surface area contributed by atoms with E-state index in [0.717, 1.165) is 52.1 Å². The maximum absolute atomic E-state index is 12.2. The second kappa shape index (κ2) is 9.14. The summed E-state index contributed by atoms with van der Waals surface area (Å²) in [6.07, 6.45) is 8.55. The number of hydrogen-bond donors (Lipinski definition) is 1. The lowest BCUT2D eigenvalue weighted by molar-refractivity contribution is -0.0728. The van der Waals surface area contributed by atoms with E-state index < -0.39 is 0 Å². The van der Waals surface area contributed by atoms with Crippen LogP contribution in [-0.4, -0.2) is 67.0 Å². The van der Waals surface area contributed by atoms with Gasteiger partial charge in [0.15, 0.2) is 0 Å². The predicted octanol–water partition coefficient (Wildman–Crippen LogP) is 2.64. The fourth-order valence-corrected chi connectivity index (χ4v) is 4.73. The second-order valence-corrected chi connectivity index (χ2v) is 8.24. The largest absolute Gasteiger partial charge is 0.376 e. The van der Waals surface area contributed by atoms with E-state index in [0.29, 0.717) is 5.25 Å². The number of rotatable bonds is 5. The quantitative estimate of drug-likeness (QED) is 0.834. The van der Waals surface area contributed by atoms with Crippen LogP contribution in [0.25, 0.3) is 0 Å². The molecule has 3 fully saturated rings. The van der Waals surface area contributed by atoms with Gasteiger partial charge in [-0.1, -0.05) is 0 Å². The van der Waals surface area contributed by atoms with Crippen molar-refractivity contribution >= 4 is 17.8 Å². The summed E-state index contributed by atoms with van der Waals surface area (Å²) < 4.78 is 11.7. The highest BCUT2D eigenvalue weighted by Gasteiger charge is 2.25. The van der Waals surface area contributed by atoms with Crippen molar-refractivity contribution in [2.24, 2.45) is 0 Å². The van der Waals surface area contributed by atoms with Gasteiger partial charge < -0.3 is 19.7 Å². The molecule has 3 saturated heterocycles. The zero-order valence-electron chi connectivity index (χ0n) is 14.0. The normalized spacial score (nSPS) is 29.7.